The molecule has 0 fully saturated rings. The fourth-order valence-corrected chi connectivity index (χ4v) is 2.40. The lowest BCUT2D eigenvalue weighted by molar-refractivity contribution is -0.384. The standard InChI is InChI=1S/C18H17N3O4/c22-18(17-12-13-4-1-2-5-16(13)25-17)20-11-3-10-19-14-6-8-15(9-7-14)21(23)24/h1-2,4-9,12,19H,3,10-11H2,(H,20,22). The number of fused-ring (bicyclic) bond motifs is 1. The summed E-state index contributed by atoms with van der Waals surface area (Å²) in [4.78, 5) is 22.2. The Morgan fingerprint density at radius 2 is 1.84 bits per heavy atom. The third-order valence-electron chi connectivity index (χ3n) is 3.70. The molecule has 7 nitrogen and oxygen atoms in total. The highest BCUT2D eigenvalue weighted by Crippen LogP contribution is 2.18. The smallest absolute Gasteiger partial charge is 0.287 e. The van der Waals surface area contributed by atoms with Crippen molar-refractivity contribution in [2.45, 2.75) is 6.42 Å². The Labute approximate surface area is 143 Å². The van der Waals surface area contributed by atoms with Crippen LogP contribution in [0.15, 0.2) is 59.0 Å². The maximum absolute atomic E-state index is 12.1. The highest BCUT2D eigenvalue weighted by atomic mass is 16.6. The molecule has 0 aliphatic carbocycles. The van der Waals surface area contributed by atoms with Crippen LogP contribution in [0.2, 0.25) is 0 Å². The molecule has 0 saturated carbocycles. The molecule has 0 bridgehead atoms. The molecule has 25 heavy (non-hydrogen) atoms. The summed E-state index contributed by atoms with van der Waals surface area (Å²) in [5.41, 5.74) is 1.55. The van der Waals surface area contributed by atoms with Crippen LogP contribution >= 0.6 is 0 Å². The van der Waals surface area contributed by atoms with Crippen molar-refractivity contribution in [2.75, 3.05) is 18.4 Å². The van der Waals surface area contributed by atoms with Gasteiger partial charge in [0.1, 0.15) is 5.58 Å². The third-order valence-corrected chi connectivity index (χ3v) is 3.70. The van der Waals surface area contributed by atoms with E-state index in [2.05, 4.69) is 10.6 Å². The van der Waals surface area contributed by atoms with Gasteiger partial charge in [-0.05, 0) is 30.7 Å². The minimum atomic E-state index is -0.433. The number of hydrogen-bond donors (Lipinski definition) is 2. The predicted octanol–water partition coefficient (Wildman–Crippen LogP) is 3.57. The van der Waals surface area contributed by atoms with Crippen molar-refractivity contribution in [1.82, 2.24) is 5.32 Å². The zero-order valence-electron chi connectivity index (χ0n) is 13.4. The van der Waals surface area contributed by atoms with E-state index in [4.69, 9.17) is 4.42 Å². The van der Waals surface area contributed by atoms with E-state index in [-0.39, 0.29) is 11.6 Å². The molecule has 0 unspecified atom stereocenters. The molecule has 2 aromatic carbocycles. The molecule has 3 aromatic rings. The number of hydrogen-bond acceptors (Lipinski definition) is 5. The summed E-state index contributed by atoms with van der Waals surface area (Å²) in [7, 11) is 0. The van der Waals surface area contributed by atoms with E-state index in [0.717, 1.165) is 11.1 Å². The van der Waals surface area contributed by atoms with Crippen LogP contribution in [-0.4, -0.2) is 23.9 Å². The molecule has 0 spiro atoms. The maximum atomic E-state index is 12.1. The Kier molecular flexibility index (Phi) is 4.94. The van der Waals surface area contributed by atoms with Gasteiger partial charge >= 0.3 is 0 Å². The van der Waals surface area contributed by atoms with Gasteiger partial charge in [-0.3, -0.25) is 14.9 Å². The first kappa shape index (κ1) is 16.5. The number of nitro benzene ring substituents is 1. The number of para-hydroxylation sites is 1. The Bertz CT molecular complexity index is 854. The summed E-state index contributed by atoms with van der Waals surface area (Å²) in [5, 5.41) is 17.4. The number of rotatable bonds is 7. The van der Waals surface area contributed by atoms with E-state index in [1.54, 1.807) is 18.2 Å². The van der Waals surface area contributed by atoms with Gasteiger partial charge in [-0.1, -0.05) is 18.2 Å². The lowest BCUT2D eigenvalue weighted by atomic mass is 10.2. The number of nitrogens with zero attached hydrogens (tertiary/aromatic N) is 1. The molecule has 3 rings (SSSR count). The van der Waals surface area contributed by atoms with Crippen LogP contribution in [0.4, 0.5) is 11.4 Å². The number of nitrogens with one attached hydrogen (secondary N) is 2. The number of carbonyl (C=O) groups is 1. The number of benzene rings is 2. The number of anilines is 1. The predicted molar refractivity (Wildman–Crippen MR) is 94.8 cm³/mol. The van der Waals surface area contributed by atoms with Crippen molar-refractivity contribution in [3.05, 3.63) is 70.5 Å². The summed E-state index contributed by atoms with van der Waals surface area (Å²) >= 11 is 0. The van der Waals surface area contributed by atoms with E-state index < -0.39 is 4.92 Å². The van der Waals surface area contributed by atoms with Crippen LogP contribution < -0.4 is 10.6 Å². The third kappa shape index (κ3) is 4.14. The second-order valence-electron chi connectivity index (χ2n) is 5.49. The van der Waals surface area contributed by atoms with Crippen molar-refractivity contribution in [3.8, 4) is 0 Å². The summed E-state index contributed by atoms with van der Waals surface area (Å²) < 4.78 is 5.50. The van der Waals surface area contributed by atoms with Gasteiger partial charge < -0.3 is 15.1 Å². The number of nitro groups is 1. The fraction of sp³-hybridized carbons (Fsp3) is 0.167. The molecule has 0 radical (unpaired) electrons. The second kappa shape index (κ2) is 7.48. The zero-order chi connectivity index (χ0) is 17.6. The van der Waals surface area contributed by atoms with Crippen molar-refractivity contribution in [1.29, 1.82) is 0 Å². The van der Waals surface area contributed by atoms with Crippen LogP contribution in [0.25, 0.3) is 11.0 Å². The molecule has 0 aliphatic heterocycles. The minimum absolute atomic E-state index is 0.0589. The summed E-state index contributed by atoms with van der Waals surface area (Å²) in [6.07, 6.45) is 0.711. The molecule has 1 heterocycles. The first-order valence-electron chi connectivity index (χ1n) is 7.88. The van der Waals surface area contributed by atoms with Gasteiger partial charge in [-0.25, -0.2) is 0 Å². The molecular formula is C18H17N3O4. The Morgan fingerprint density at radius 3 is 2.56 bits per heavy atom. The summed E-state index contributed by atoms with van der Waals surface area (Å²) in [6, 6.07) is 15.4. The number of amides is 1. The monoisotopic (exact) mass is 339 g/mol. The highest BCUT2D eigenvalue weighted by molar-refractivity contribution is 5.96. The van der Waals surface area contributed by atoms with E-state index in [1.807, 2.05) is 24.3 Å². The fourth-order valence-electron chi connectivity index (χ4n) is 2.40. The zero-order valence-corrected chi connectivity index (χ0v) is 13.4. The van der Waals surface area contributed by atoms with Gasteiger partial charge in [0, 0.05) is 36.3 Å². The molecule has 1 amide bonds. The largest absolute Gasteiger partial charge is 0.451 e. The number of carbonyl (C=O) groups excluding carboxylic acids is 1. The normalized spacial score (nSPS) is 10.6. The maximum Gasteiger partial charge on any atom is 0.287 e. The van der Waals surface area contributed by atoms with Gasteiger partial charge in [0.05, 0.1) is 4.92 Å². The van der Waals surface area contributed by atoms with Crippen molar-refractivity contribution < 1.29 is 14.1 Å². The van der Waals surface area contributed by atoms with Crippen LogP contribution in [0.3, 0.4) is 0 Å². The topological polar surface area (TPSA) is 97.4 Å². The minimum Gasteiger partial charge on any atom is -0.451 e. The molecule has 7 heteroatoms. The average molecular weight is 339 g/mol. The summed E-state index contributed by atoms with van der Waals surface area (Å²) in [5.74, 6) is 0.0519. The van der Waals surface area contributed by atoms with Crippen molar-refractivity contribution in [2.24, 2.45) is 0 Å². The van der Waals surface area contributed by atoms with E-state index in [1.165, 1.54) is 12.1 Å². The highest BCUT2D eigenvalue weighted by Gasteiger charge is 2.11. The SMILES string of the molecule is O=C(NCCCNc1ccc([N+](=O)[O-])cc1)c1cc2ccccc2o1. The lowest BCUT2D eigenvalue weighted by Gasteiger charge is -2.06. The molecule has 128 valence electrons. The Balaban J connectivity index is 1.42. The van der Waals surface area contributed by atoms with E-state index >= 15 is 0 Å². The van der Waals surface area contributed by atoms with E-state index in [0.29, 0.717) is 30.9 Å². The van der Waals surface area contributed by atoms with Crippen molar-refractivity contribution in [3.63, 3.8) is 0 Å². The second-order valence-corrected chi connectivity index (χ2v) is 5.49. The van der Waals surface area contributed by atoms with Gasteiger partial charge in [0.2, 0.25) is 0 Å². The van der Waals surface area contributed by atoms with Gasteiger partial charge in [-0.2, -0.15) is 0 Å². The van der Waals surface area contributed by atoms with Crippen LogP contribution in [0.5, 0.6) is 0 Å². The Hall–Kier alpha value is -3.35. The summed E-state index contributed by atoms with van der Waals surface area (Å²) in [6.45, 7) is 1.13. The van der Waals surface area contributed by atoms with Crippen molar-refractivity contribution >= 4 is 28.3 Å². The molecule has 0 atom stereocenters. The molecular weight excluding hydrogens is 322 g/mol. The van der Waals surface area contributed by atoms with E-state index in [9.17, 15) is 14.9 Å². The lowest BCUT2D eigenvalue weighted by Crippen LogP contribution is -2.25. The van der Waals surface area contributed by atoms with Gasteiger partial charge in [0.25, 0.3) is 11.6 Å². The quantitative estimate of drug-likeness (QED) is 0.389. The van der Waals surface area contributed by atoms with Gasteiger partial charge in [-0.15, -0.1) is 0 Å². The average Bonchev–Trinajstić information content (AvgIpc) is 3.06. The molecule has 0 saturated heterocycles. The molecule has 0 aliphatic rings. The first-order valence-corrected chi connectivity index (χ1v) is 7.88. The van der Waals surface area contributed by atoms with Crippen LogP contribution in [-0.2, 0) is 0 Å². The molecule has 2 N–H and O–H groups in total. The number of furan rings is 1. The molecule has 1 aromatic heterocycles. The van der Waals surface area contributed by atoms with Crippen LogP contribution in [0, 0.1) is 10.1 Å². The number of non-ortho nitro benzene ring substituents is 1. The van der Waals surface area contributed by atoms with Gasteiger partial charge in [0.15, 0.2) is 5.76 Å². The van der Waals surface area contributed by atoms with Crippen LogP contribution in [0.1, 0.15) is 17.0 Å². The Morgan fingerprint density at radius 1 is 1.08 bits per heavy atom. The first-order chi connectivity index (χ1) is 12.1.